The number of carbonyl (C=O) groups is 2. The molecular weight excluding hydrogens is 442 g/mol. The summed E-state index contributed by atoms with van der Waals surface area (Å²) in [5, 5.41) is 2.64. The van der Waals surface area contributed by atoms with Gasteiger partial charge in [0.1, 0.15) is 13.2 Å². The van der Waals surface area contributed by atoms with Crippen LogP contribution >= 0.6 is 0 Å². The van der Waals surface area contributed by atoms with Crippen molar-refractivity contribution in [3.8, 4) is 0 Å². The number of nitrogens with zero attached hydrogens (tertiary/aromatic N) is 1. The van der Waals surface area contributed by atoms with Gasteiger partial charge in [-0.1, -0.05) is 0 Å². The van der Waals surface area contributed by atoms with Crippen LogP contribution in [0.2, 0.25) is 0 Å². The highest BCUT2D eigenvalue weighted by Crippen LogP contribution is 2.33. The first-order chi connectivity index (χ1) is 14.4. The molecule has 3 fully saturated rings. The minimum absolute atomic E-state index is 0.0581. The fraction of sp³-hybridized carbons (Fsp3) is 0.882. The van der Waals surface area contributed by atoms with E-state index < -0.39 is 43.0 Å². The van der Waals surface area contributed by atoms with Crippen molar-refractivity contribution in [2.45, 2.75) is 68.9 Å². The first-order valence-corrected chi connectivity index (χ1v) is 9.65. The van der Waals surface area contributed by atoms with Crippen LogP contribution in [0.3, 0.4) is 0 Å². The van der Waals surface area contributed by atoms with E-state index in [0.29, 0.717) is 0 Å². The quantitative estimate of drug-likeness (QED) is 0.521. The molecular formula is C17H22F6N2O6. The fourth-order valence-corrected chi connectivity index (χ4v) is 3.39. The molecule has 0 aromatic rings. The highest BCUT2D eigenvalue weighted by atomic mass is 19.4. The molecule has 8 nitrogen and oxygen atoms in total. The molecule has 2 amide bonds. The lowest BCUT2D eigenvalue weighted by Crippen LogP contribution is -2.62. The number of amides is 2. The zero-order valence-electron chi connectivity index (χ0n) is 16.2. The maximum atomic E-state index is 12.0. The van der Waals surface area contributed by atoms with Gasteiger partial charge in [-0.15, -0.1) is 26.3 Å². The van der Waals surface area contributed by atoms with E-state index in [1.165, 1.54) is 4.90 Å². The second-order valence-electron chi connectivity index (χ2n) is 7.74. The molecule has 2 aliphatic carbocycles. The van der Waals surface area contributed by atoms with Crippen LogP contribution in [0.1, 0.15) is 25.7 Å². The molecule has 1 aliphatic heterocycles. The number of likely N-dealkylation sites (tertiary alicyclic amines) is 1. The van der Waals surface area contributed by atoms with Gasteiger partial charge in [-0.05, 0) is 0 Å². The summed E-state index contributed by atoms with van der Waals surface area (Å²) in [6, 6.07) is -0.281. The average Bonchev–Trinajstić information content (AvgIpc) is 2.52. The van der Waals surface area contributed by atoms with Crippen molar-refractivity contribution in [2.75, 3.05) is 26.3 Å². The number of rotatable bonds is 9. The van der Waals surface area contributed by atoms with E-state index >= 15 is 0 Å². The summed E-state index contributed by atoms with van der Waals surface area (Å²) in [6.07, 6.45) is -12.0. The zero-order chi connectivity index (χ0) is 22.8. The third-order valence-corrected chi connectivity index (χ3v) is 5.20. The summed E-state index contributed by atoms with van der Waals surface area (Å²) in [4.78, 5) is 25.2. The molecule has 3 rings (SSSR count). The molecule has 0 bridgehead atoms. The van der Waals surface area contributed by atoms with Crippen LogP contribution in [-0.4, -0.2) is 86.2 Å². The maximum absolute atomic E-state index is 12.0. The van der Waals surface area contributed by atoms with Gasteiger partial charge < -0.3 is 19.7 Å². The molecule has 0 radical (unpaired) electrons. The largest absolute Gasteiger partial charge is 0.522 e. The topological polar surface area (TPSA) is 86.3 Å². The van der Waals surface area contributed by atoms with E-state index in [9.17, 15) is 35.9 Å². The molecule has 14 heteroatoms. The molecule has 0 unspecified atom stereocenters. The Morgan fingerprint density at radius 2 is 1.23 bits per heavy atom. The highest BCUT2D eigenvalue weighted by molar-refractivity contribution is 5.80. The highest BCUT2D eigenvalue weighted by Gasteiger charge is 2.42. The number of nitrogens with one attached hydrogen (secondary N) is 1. The van der Waals surface area contributed by atoms with Gasteiger partial charge in [-0.25, -0.2) is 0 Å². The van der Waals surface area contributed by atoms with Crippen LogP contribution in [0.5, 0.6) is 0 Å². The third kappa shape index (κ3) is 7.77. The minimum atomic E-state index is -4.69. The van der Waals surface area contributed by atoms with E-state index in [-0.39, 0.29) is 63.9 Å². The van der Waals surface area contributed by atoms with Gasteiger partial charge in [0.25, 0.3) is 0 Å². The Hall–Kier alpha value is -1.64. The summed E-state index contributed by atoms with van der Waals surface area (Å²) in [7, 11) is 0. The molecule has 0 atom stereocenters. The normalized spacial score (nSPS) is 29.0. The average molecular weight is 464 g/mol. The summed E-state index contributed by atoms with van der Waals surface area (Å²) >= 11 is 0. The predicted octanol–water partition coefficient (Wildman–Crippen LogP) is 1.48. The summed E-state index contributed by atoms with van der Waals surface area (Å²) in [6.45, 7) is -0.0670. The van der Waals surface area contributed by atoms with Gasteiger partial charge >= 0.3 is 12.7 Å². The van der Waals surface area contributed by atoms with Crippen LogP contribution in [0.4, 0.5) is 26.3 Å². The van der Waals surface area contributed by atoms with Crippen LogP contribution in [0, 0.1) is 0 Å². The second-order valence-corrected chi connectivity index (χ2v) is 7.74. The van der Waals surface area contributed by atoms with Gasteiger partial charge in [0.15, 0.2) is 0 Å². The van der Waals surface area contributed by atoms with Gasteiger partial charge in [0, 0.05) is 38.8 Å². The molecule has 1 saturated heterocycles. The Labute approximate surface area is 173 Å². The Balaban J connectivity index is 1.19. The molecule has 31 heavy (non-hydrogen) atoms. The maximum Gasteiger partial charge on any atom is 0.522 e. The number of halogens is 6. The third-order valence-electron chi connectivity index (χ3n) is 5.20. The van der Waals surface area contributed by atoms with E-state index in [2.05, 4.69) is 14.8 Å². The number of hydrogen-bond donors (Lipinski definition) is 1. The first kappa shape index (κ1) is 24.0. The number of ether oxygens (including phenoxy) is 4. The smallest absolute Gasteiger partial charge is 0.368 e. The van der Waals surface area contributed by atoms with Gasteiger partial charge in [0.2, 0.25) is 11.8 Å². The van der Waals surface area contributed by atoms with Crippen molar-refractivity contribution < 1.29 is 54.9 Å². The lowest BCUT2D eigenvalue weighted by molar-refractivity contribution is -0.358. The Morgan fingerprint density at radius 3 is 1.68 bits per heavy atom. The zero-order valence-corrected chi connectivity index (χ0v) is 16.2. The van der Waals surface area contributed by atoms with Crippen molar-refractivity contribution >= 4 is 11.8 Å². The summed E-state index contributed by atoms with van der Waals surface area (Å²) in [5.41, 5.74) is 0. The summed E-state index contributed by atoms with van der Waals surface area (Å²) < 4.78 is 90.3. The first-order valence-electron chi connectivity index (χ1n) is 9.65. The Morgan fingerprint density at radius 1 is 0.774 bits per heavy atom. The van der Waals surface area contributed by atoms with Crippen LogP contribution in [0.15, 0.2) is 0 Å². The van der Waals surface area contributed by atoms with Gasteiger partial charge in [-0.2, -0.15) is 0 Å². The number of carbonyl (C=O) groups excluding carboxylic acids is 2. The van der Waals surface area contributed by atoms with Gasteiger partial charge in [-0.3, -0.25) is 19.1 Å². The molecule has 2 saturated carbocycles. The molecule has 1 heterocycles. The van der Waals surface area contributed by atoms with Crippen molar-refractivity contribution in [1.82, 2.24) is 10.2 Å². The summed E-state index contributed by atoms with van der Waals surface area (Å²) in [5.74, 6) is -0.786. The number of hydrogen-bond acceptors (Lipinski definition) is 6. The van der Waals surface area contributed by atoms with Gasteiger partial charge in [0.05, 0.1) is 30.5 Å². The van der Waals surface area contributed by atoms with Crippen LogP contribution < -0.4 is 5.32 Å². The lowest BCUT2D eigenvalue weighted by Gasteiger charge is -2.40. The van der Waals surface area contributed by atoms with Crippen LogP contribution in [-0.2, 0) is 28.5 Å². The predicted molar refractivity (Wildman–Crippen MR) is 88.3 cm³/mol. The molecule has 0 aromatic carbocycles. The fourth-order valence-electron chi connectivity index (χ4n) is 3.39. The standard InChI is InChI=1S/C17H22F6N2O6/c18-16(19,20)30-12-1-10(2-12)28-7-14(26)24-9-5-25(6-9)15(27)8-29-11-3-13(4-11)31-17(21,22)23/h9-13H,1-8H2,(H,24,26)/t10-,11-,12+,13-. The minimum Gasteiger partial charge on any atom is -0.368 e. The second kappa shape index (κ2) is 9.46. The van der Waals surface area contributed by atoms with E-state index in [1.807, 2.05) is 0 Å². The lowest BCUT2D eigenvalue weighted by atomic mass is 9.92. The Kier molecular flexibility index (Phi) is 7.33. The van der Waals surface area contributed by atoms with E-state index in [4.69, 9.17) is 9.47 Å². The van der Waals surface area contributed by atoms with Crippen molar-refractivity contribution in [3.63, 3.8) is 0 Å². The van der Waals surface area contributed by atoms with Crippen molar-refractivity contribution in [1.29, 1.82) is 0 Å². The van der Waals surface area contributed by atoms with E-state index in [0.717, 1.165) is 0 Å². The Bertz CT molecular complexity index is 642. The molecule has 0 spiro atoms. The molecule has 0 aromatic heterocycles. The molecule has 178 valence electrons. The van der Waals surface area contributed by atoms with Crippen LogP contribution in [0.25, 0.3) is 0 Å². The molecule has 1 N–H and O–H groups in total. The number of alkyl halides is 6. The monoisotopic (exact) mass is 464 g/mol. The van der Waals surface area contributed by atoms with Crippen molar-refractivity contribution in [2.24, 2.45) is 0 Å². The van der Waals surface area contributed by atoms with Crippen molar-refractivity contribution in [3.05, 3.63) is 0 Å². The SMILES string of the molecule is O=C(CO[C@H]1C[C@@H](OC(F)(F)F)C1)NC1CN(C(=O)CO[C@H]2C[C@H](OC(F)(F)F)C2)C1. The van der Waals surface area contributed by atoms with E-state index in [1.54, 1.807) is 0 Å². The molecule has 3 aliphatic rings.